The Bertz CT molecular complexity index is 1240. The maximum Gasteiger partial charge on any atom is 0.412 e. The Morgan fingerprint density at radius 3 is 2.59 bits per heavy atom. The third-order valence-electron chi connectivity index (χ3n) is 5.96. The summed E-state index contributed by atoms with van der Waals surface area (Å²) in [6.07, 6.45) is 4.91. The molecule has 34 heavy (non-hydrogen) atoms. The highest BCUT2D eigenvalue weighted by atomic mass is 32.2. The van der Waals surface area contributed by atoms with Crippen molar-refractivity contribution in [2.75, 3.05) is 19.4 Å². The van der Waals surface area contributed by atoms with Crippen molar-refractivity contribution in [2.24, 2.45) is 0 Å². The number of carbonyl (C=O) groups excluding carboxylic acids is 2. The van der Waals surface area contributed by atoms with Crippen LogP contribution in [0, 0.1) is 0 Å². The molecule has 2 aliphatic rings. The molecule has 0 fully saturated rings. The van der Waals surface area contributed by atoms with Crippen LogP contribution in [0.3, 0.4) is 0 Å². The topological polar surface area (TPSA) is 131 Å². The number of aryl methyl sites for hydroxylation is 2. The summed E-state index contributed by atoms with van der Waals surface area (Å²) in [5, 5.41) is 2.98. The molecule has 4 rings (SSSR count). The number of fused-ring (bicyclic) bond motifs is 2. The minimum Gasteiger partial charge on any atom is -0.447 e. The number of hydrogen-bond acceptors (Lipinski definition) is 7. The molecule has 1 atom stereocenters. The average Bonchev–Trinajstić information content (AvgIpc) is 3.44. The van der Waals surface area contributed by atoms with Gasteiger partial charge in [-0.3, -0.25) is 10.1 Å². The van der Waals surface area contributed by atoms with Crippen LogP contribution in [0.2, 0.25) is 0 Å². The lowest BCUT2D eigenvalue weighted by Gasteiger charge is -2.23. The quantitative estimate of drug-likeness (QED) is 0.658. The number of hydrogen-bond donors (Lipinski definition) is 2. The first-order valence-electron chi connectivity index (χ1n) is 11.2. The number of rotatable bonds is 5. The minimum atomic E-state index is -3.96. The summed E-state index contributed by atoms with van der Waals surface area (Å²) in [5.41, 5.74) is 4.32. The molecule has 1 heterocycles. The first kappa shape index (κ1) is 24.2. The smallest absolute Gasteiger partial charge is 0.412 e. The number of benzene rings is 1. The van der Waals surface area contributed by atoms with Crippen LogP contribution in [-0.2, 0) is 34.2 Å². The van der Waals surface area contributed by atoms with Crippen molar-refractivity contribution in [3.8, 4) is 0 Å². The zero-order valence-corrected chi connectivity index (χ0v) is 20.8. The van der Waals surface area contributed by atoms with Crippen molar-refractivity contribution >= 4 is 27.9 Å². The number of carbonyl (C=O) groups is 2. The second kappa shape index (κ2) is 8.70. The van der Waals surface area contributed by atoms with Crippen LogP contribution in [0.25, 0.3) is 0 Å². The van der Waals surface area contributed by atoms with Gasteiger partial charge in [0.2, 0.25) is 5.89 Å². The van der Waals surface area contributed by atoms with Crippen LogP contribution in [0.1, 0.15) is 78.2 Å². The summed E-state index contributed by atoms with van der Waals surface area (Å²) in [5.74, 6) is -0.850. The van der Waals surface area contributed by atoms with Gasteiger partial charge >= 0.3 is 16.3 Å². The van der Waals surface area contributed by atoms with E-state index in [-0.39, 0.29) is 11.6 Å². The summed E-state index contributed by atoms with van der Waals surface area (Å²) in [4.78, 5) is 29.4. The summed E-state index contributed by atoms with van der Waals surface area (Å²) < 4.78 is 37.9. The SMILES string of the molecule is CN(C)S(=O)(=O)NC(=O)c1coc(C2CCc3cc4c(c(NC(=O)OC(C)(C)C)c32)CCC4)n1. The summed E-state index contributed by atoms with van der Waals surface area (Å²) in [6.45, 7) is 5.43. The molecular weight excluding hydrogens is 460 g/mol. The highest BCUT2D eigenvalue weighted by Crippen LogP contribution is 2.46. The van der Waals surface area contributed by atoms with E-state index in [0.717, 1.165) is 58.6 Å². The zero-order valence-electron chi connectivity index (χ0n) is 20.0. The van der Waals surface area contributed by atoms with Gasteiger partial charge in [-0.2, -0.15) is 12.7 Å². The molecular formula is C23H30N4O6S. The van der Waals surface area contributed by atoms with Crippen molar-refractivity contribution < 1.29 is 27.2 Å². The van der Waals surface area contributed by atoms with Gasteiger partial charge in [0.25, 0.3) is 5.91 Å². The van der Waals surface area contributed by atoms with Gasteiger partial charge in [0.1, 0.15) is 11.9 Å². The fourth-order valence-corrected chi connectivity index (χ4v) is 5.00. The van der Waals surface area contributed by atoms with Crippen LogP contribution < -0.4 is 10.0 Å². The third-order valence-corrected chi connectivity index (χ3v) is 7.36. The Labute approximate surface area is 199 Å². The fraction of sp³-hybridized carbons (Fsp3) is 0.522. The Morgan fingerprint density at radius 2 is 1.91 bits per heavy atom. The van der Waals surface area contributed by atoms with E-state index in [9.17, 15) is 18.0 Å². The van der Waals surface area contributed by atoms with Crippen molar-refractivity contribution in [3.63, 3.8) is 0 Å². The van der Waals surface area contributed by atoms with Crippen molar-refractivity contribution in [1.82, 2.24) is 14.0 Å². The number of oxazole rings is 1. The molecule has 2 amide bonds. The summed E-state index contributed by atoms with van der Waals surface area (Å²) in [6, 6.07) is 2.19. The van der Waals surface area contributed by atoms with Crippen LogP contribution in [-0.4, -0.2) is 49.4 Å². The van der Waals surface area contributed by atoms with E-state index in [1.54, 1.807) is 0 Å². The molecule has 0 spiro atoms. The molecule has 0 bridgehead atoms. The fourth-order valence-electron chi connectivity index (χ4n) is 4.48. The predicted molar refractivity (Wildman–Crippen MR) is 125 cm³/mol. The molecule has 0 saturated heterocycles. The molecule has 0 radical (unpaired) electrons. The van der Waals surface area contributed by atoms with Gasteiger partial charge < -0.3 is 9.15 Å². The lowest BCUT2D eigenvalue weighted by atomic mass is 9.93. The van der Waals surface area contributed by atoms with Gasteiger partial charge in [-0.05, 0) is 75.1 Å². The molecule has 2 N–H and O–H groups in total. The van der Waals surface area contributed by atoms with Crippen LogP contribution in [0.15, 0.2) is 16.7 Å². The van der Waals surface area contributed by atoms with Gasteiger partial charge in [-0.25, -0.2) is 14.5 Å². The molecule has 11 heteroatoms. The predicted octanol–water partition coefficient (Wildman–Crippen LogP) is 3.12. The molecule has 1 aromatic heterocycles. The molecule has 0 saturated carbocycles. The Balaban J connectivity index is 1.66. The Kier molecular flexibility index (Phi) is 6.19. The maximum absolute atomic E-state index is 12.7. The largest absolute Gasteiger partial charge is 0.447 e. The zero-order chi connectivity index (χ0) is 24.8. The van der Waals surface area contributed by atoms with Crippen LogP contribution in [0.4, 0.5) is 10.5 Å². The summed E-state index contributed by atoms with van der Waals surface area (Å²) >= 11 is 0. The number of nitrogens with zero attached hydrogens (tertiary/aromatic N) is 2. The monoisotopic (exact) mass is 490 g/mol. The molecule has 2 aromatic rings. The second-order valence-corrected chi connectivity index (χ2v) is 11.7. The van der Waals surface area contributed by atoms with Gasteiger partial charge in [-0.1, -0.05) is 6.07 Å². The minimum absolute atomic E-state index is 0.128. The molecule has 1 aromatic carbocycles. The lowest BCUT2D eigenvalue weighted by Crippen LogP contribution is -2.39. The highest BCUT2D eigenvalue weighted by Gasteiger charge is 2.35. The van der Waals surface area contributed by atoms with Gasteiger partial charge in [0, 0.05) is 14.1 Å². The number of aromatic nitrogens is 1. The molecule has 184 valence electrons. The van der Waals surface area contributed by atoms with Crippen LogP contribution in [0.5, 0.6) is 0 Å². The van der Waals surface area contributed by atoms with Gasteiger partial charge in [0.15, 0.2) is 5.69 Å². The van der Waals surface area contributed by atoms with E-state index in [2.05, 4.69) is 16.4 Å². The van der Waals surface area contributed by atoms with Gasteiger partial charge in [-0.15, -0.1) is 0 Å². The number of nitrogens with one attached hydrogen (secondary N) is 2. The van der Waals surface area contributed by atoms with E-state index in [1.807, 2.05) is 25.5 Å². The molecule has 2 aliphatic carbocycles. The Morgan fingerprint density at radius 1 is 1.18 bits per heavy atom. The Hall–Kier alpha value is -2.92. The van der Waals surface area contributed by atoms with E-state index in [1.165, 1.54) is 19.7 Å². The first-order chi connectivity index (χ1) is 15.9. The second-order valence-electron chi connectivity index (χ2n) is 9.82. The van der Waals surface area contributed by atoms with E-state index < -0.39 is 27.8 Å². The highest BCUT2D eigenvalue weighted by molar-refractivity contribution is 7.87. The number of amides is 2. The third kappa shape index (κ3) is 4.80. The molecule has 0 aliphatic heterocycles. The van der Waals surface area contributed by atoms with E-state index in [0.29, 0.717) is 12.3 Å². The maximum atomic E-state index is 12.7. The summed E-state index contributed by atoms with van der Waals surface area (Å²) in [7, 11) is -1.32. The number of anilines is 1. The first-order valence-corrected chi connectivity index (χ1v) is 12.7. The standard InChI is InChI=1S/C23H30N4O6S/c1-23(2,3)33-22(29)25-19-15-8-6-7-13(15)11-14-9-10-16(18(14)19)21-24-17(12-32-21)20(28)26-34(30,31)27(4)5/h11-12,16H,6-10H2,1-5H3,(H,25,29)(H,26,28). The molecule has 10 nitrogen and oxygen atoms in total. The van der Waals surface area contributed by atoms with E-state index in [4.69, 9.17) is 9.15 Å². The van der Waals surface area contributed by atoms with Gasteiger partial charge in [0.05, 0.1) is 11.6 Å². The normalized spacial score (nSPS) is 17.4. The number of ether oxygens (including phenoxy) is 1. The molecule has 1 unspecified atom stereocenters. The van der Waals surface area contributed by atoms with Crippen LogP contribution >= 0.6 is 0 Å². The van der Waals surface area contributed by atoms with Crippen molar-refractivity contribution in [2.45, 2.75) is 64.4 Å². The van der Waals surface area contributed by atoms with Crippen molar-refractivity contribution in [3.05, 3.63) is 46.2 Å². The lowest BCUT2D eigenvalue weighted by molar-refractivity contribution is 0.0635. The average molecular weight is 491 g/mol. The van der Waals surface area contributed by atoms with Crippen molar-refractivity contribution in [1.29, 1.82) is 0 Å². The van der Waals surface area contributed by atoms with E-state index >= 15 is 0 Å².